The Kier molecular flexibility index (Phi) is 5.50. The van der Waals surface area contributed by atoms with Crippen molar-refractivity contribution in [1.82, 2.24) is 4.98 Å². The summed E-state index contributed by atoms with van der Waals surface area (Å²) in [5, 5.41) is 13.6. The molecule has 0 aliphatic heterocycles. The lowest BCUT2D eigenvalue weighted by molar-refractivity contribution is -0.385. The van der Waals surface area contributed by atoms with Crippen molar-refractivity contribution in [3.63, 3.8) is 0 Å². The predicted octanol–water partition coefficient (Wildman–Crippen LogP) is 4.47. The minimum absolute atomic E-state index is 0.0450. The van der Waals surface area contributed by atoms with Crippen LogP contribution in [-0.4, -0.2) is 15.9 Å². The molecule has 0 bridgehead atoms. The number of benzene rings is 2. The number of para-hydroxylation sites is 1. The Morgan fingerprint density at radius 1 is 1.15 bits per heavy atom. The molecule has 130 valence electrons. The summed E-state index contributed by atoms with van der Waals surface area (Å²) in [7, 11) is 0. The second kappa shape index (κ2) is 8.17. The van der Waals surface area contributed by atoms with Gasteiger partial charge in [-0.3, -0.25) is 10.1 Å². The number of nitro groups is 1. The van der Waals surface area contributed by atoms with Crippen LogP contribution < -0.4 is 0 Å². The molecule has 6 nitrogen and oxygen atoms in total. The quantitative estimate of drug-likeness (QED) is 0.278. The largest absolute Gasteiger partial charge is 0.456 e. The molecule has 1 aromatic heterocycles. The fraction of sp³-hybridized carbons (Fsp3) is 0.0526. The van der Waals surface area contributed by atoms with Crippen LogP contribution in [0.25, 0.3) is 16.6 Å². The molecule has 3 aromatic rings. The fourth-order valence-electron chi connectivity index (χ4n) is 2.23. The number of esters is 1. The maximum absolute atomic E-state index is 11.8. The summed E-state index contributed by atoms with van der Waals surface area (Å²) in [6, 6.07) is 15.9. The summed E-state index contributed by atoms with van der Waals surface area (Å²) < 4.78 is 5.15. The Bertz CT molecular complexity index is 951. The summed E-state index contributed by atoms with van der Waals surface area (Å²) in [4.78, 5) is 26.7. The lowest BCUT2D eigenvalue weighted by atomic mass is 10.1. The van der Waals surface area contributed by atoms with Gasteiger partial charge in [0.2, 0.25) is 0 Å². The van der Waals surface area contributed by atoms with Gasteiger partial charge in [-0.2, -0.15) is 0 Å². The molecule has 0 aliphatic carbocycles. The monoisotopic (exact) mass is 366 g/mol. The Morgan fingerprint density at radius 3 is 2.65 bits per heavy atom. The van der Waals surface area contributed by atoms with Gasteiger partial charge < -0.3 is 4.74 Å². The average Bonchev–Trinajstić information content (AvgIpc) is 3.14. The number of hydrogen-bond donors (Lipinski definition) is 0. The van der Waals surface area contributed by atoms with Gasteiger partial charge >= 0.3 is 5.97 Å². The van der Waals surface area contributed by atoms with E-state index in [9.17, 15) is 14.9 Å². The molecule has 0 saturated heterocycles. The minimum Gasteiger partial charge on any atom is -0.456 e. The van der Waals surface area contributed by atoms with E-state index in [-0.39, 0.29) is 12.3 Å². The predicted molar refractivity (Wildman–Crippen MR) is 99.5 cm³/mol. The Morgan fingerprint density at radius 2 is 1.88 bits per heavy atom. The molecule has 0 amide bonds. The zero-order chi connectivity index (χ0) is 18.4. The molecule has 26 heavy (non-hydrogen) atoms. The maximum atomic E-state index is 11.8. The summed E-state index contributed by atoms with van der Waals surface area (Å²) in [6.07, 6.45) is 2.55. The highest BCUT2D eigenvalue weighted by atomic mass is 32.1. The summed E-state index contributed by atoms with van der Waals surface area (Å²) in [6.45, 7) is 0.0450. The number of nitrogens with zero attached hydrogens (tertiary/aromatic N) is 2. The first-order chi connectivity index (χ1) is 12.6. The minimum atomic E-state index is -0.586. The van der Waals surface area contributed by atoms with E-state index in [1.54, 1.807) is 18.2 Å². The van der Waals surface area contributed by atoms with Crippen LogP contribution in [0.15, 0.2) is 66.1 Å². The zero-order valence-electron chi connectivity index (χ0n) is 13.6. The first kappa shape index (κ1) is 17.5. The second-order valence-corrected chi connectivity index (χ2v) is 6.13. The van der Waals surface area contributed by atoms with Crippen molar-refractivity contribution in [2.45, 2.75) is 6.61 Å². The summed E-state index contributed by atoms with van der Waals surface area (Å²) in [5.41, 5.74) is 1.94. The zero-order valence-corrected chi connectivity index (χ0v) is 14.4. The lowest BCUT2D eigenvalue weighted by Crippen LogP contribution is -2.01. The van der Waals surface area contributed by atoms with Crippen LogP contribution in [0.1, 0.15) is 11.3 Å². The topological polar surface area (TPSA) is 82.3 Å². The van der Waals surface area contributed by atoms with Crippen molar-refractivity contribution < 1.29 is 14.5 Å². The van der Waals surface area contributed by atoms with E-state index in [4.69, 9.17) is 4.74 Å². The van der Waals surface area contributed by atoms with Crippen LogP contribution >= 0.6 is 11.3 Å². The molecule has 0 saturated carbocycles. The molecule has 0 atom stereocenters. The highest BCUT2D eigenvalue weighted by Gasteiger charge is 2.10. The highest BCUT2D eigenvalue weighted by Crippen LogP contribution is 2.23. The molecule has 0 spiro atoms. The van der Waals surface area contributed by atoms with Gasteiger partial charge in [-0.25, -0.2) is 9.78 Å². The van der Waals surface area contributed by atoms with Gasteiger partial charge in [0, 0.05) is 23.1 Å². The number of nitro benzene ring substituents is 1. The van der Waals surface area contributed by atoms with Crippen LogP contribution in [0, 0.1) is 10.1 Å². The third-order valence-electron chi connectivity index (χ3n) is 3.47. The summed E-state index contributed by atoms with van der Waals surface area (Å²) in [5.74, 6) is -0.586. The number of carbonyl (C=O) groups excluding carboxylic acids is 1. The van der Waals surface area contributed by atoms with Crippen molar-refractivity contribution in [2.75, 3.05) is 0 Å². The van der Waals surface area contributed by atoms with Crippen LogP contribution in [-0.2, 0) is 16.1 Å². The van der Waals surface area contributed by atoms with Gasteiger partial charge in [0.1, 0.15) is 11.6 Å². The third-order valence-corrected chi connectivity index (χ3v) is 4.41. The second-order valence-electron chi connectivity index (χ2n) is 5.27. The third kappa shape index (κ3) is 4.40. The van der Waals surface area contributed by atoms with Crippen molar-refractivity contribution in [1.29, 1.82) is 0 Å². The molecule has 0 unspecified atom stereocenters. The molecule has 0 fully saturated rings. The van der Waals surface area contributed by atoms with Gasteiger partial charge in [-0.05, 0) is 12.1 Å². The van der Waals surface area contributed by atoms with E-state index in [1.807, 2.05) is 35.7 Å². The van der Waals surface area contributed by atoms with Crippen LogP contribution in [0.3, 0.4) is 0 Å². The molecule has 3 rings (SSSR count). The smallest absolute Gasteiger partial charge is 0.331 e. The molecule has 1 heterocycles. The van der Waals surface area contributed by atoms with Crippen molar-refractivity contribution >= 4 is 29.1 Å². The number of thiazole rings is 1. The first-order valence-corrected chi connectivity index (χ1v) is 8.59. The Balaban J connectivity index is 1.60. The van der Waals surface area contributed by atoms with E-state index in [0.29, 0.717) is 11.3 Å². The summed E-state index contributed by atoms with van der Waals surface area (Å²) >= 11 is 1.47. The molecule has 7 heteroatoms. The molecule has 0 aliphatic rings. The van der Waals surface area contributed by atoms with E-state index in [2.05, 4.69) is 4.98 Å². The Hall–Kier alpha value is -3.32. The van der Waals surface area contributed by atoms with E-state index < -0.39 is 10.9 Å². The van der Waals surface area contributed by atoms with Crippen LogP contribution in [0.2, 0.25) is 0 Å². The lowest BCUT2D eigenvalue weighted by Gasteiger charge is -1.99. The molecular weight excluding hydrogens is 352 g/mol. The van der Waals surface area contributed by atoms with Gasteiger partial charge in [0.25, 0.3) is 5.69 Å². The van der Waals surface area contributed by atoms with Crippen molar-refractivity contribution in [3.8, 4) is 10.6 Å². The highest BCUT2D eigenvalue weighted by molar-refractivity contribution is 7.13. The molecule has 0 N–H and O–H groups in total. The fourth-order valence-corrected chi connectivity index (χ4v) is 3.04. The van der Waals surface area contributed by atoms with E-state index >= 15 is 0 Å². The molecular formula is C19H14N2O4S. The number of rotatable bonds is 6. The van der Waals surface area contributed by atoms with E-state index in [1.165, 1.54) is 29.6 Å². The normalized spacial score (nSPS) is 10.8. The van der Waals surface area contributed by atoms with Gasteiger partial charge in [0.15, 0.2) is 0 Å². The SMILES string of the molecule is O=C(/C=C/c1ccccc1[N+](=O)[O-])OCc1csc(-c2ccccc2)n1. The van der Waals surface area contributed by atoms with Crippen molar-refractivity contribution in [2.24, 2.45) is 0 Å². The number of ether oxygens (including phenoxy) is 1. The maximum Gasteiger partial charge on any atom is 0.331 e. The number of aromatic nitrogens is 1. The van der Waals surface area contributed by atoms with Gasteiger partial charge in [-0.15, -0.1) is 11.3 Å². The van der Waals surface area contributed by atoms with Gasteiger partial charge in [0.05, 0.1) is 16.2 Å². The molecule has 0 radical (unpaired) electrons. The van der Waals surface area contributed by atoms with Crippen LogP contribution in [0.4, 0.5) is 5.69 Å². The van der Waals surface area contributed by atoms with Crippen molar-refractivity contribution in [3.05, 3.63) is 87.4 Å². The number of carbonyl (C=O) groups is 1. The first-order valence-electron chi connectivity index (χ1n) is 7.71. The Labute approximate surface area is 153 Å². The van der Waals surface area contributed by atoms with Gasteiger partial charge in [-0.1, -0.05) is 42.5 Å². The number of hydrogen-bond acceptors (Lipinski definition) is 6. The average molecular weight is 366 g/mol. The molecule has 2 aromatic carbocycles. The standard InChI is InChI=1S/C19H14N2O4S/c22-18(11-10-14-6-4-5-9-17(14)21(23)24)25-12-16-13-26-19(20-16)15-7-2-1-3-8-15/h1-11,13H,12H2/b11-10+. The van der Waals surface area contributed by atoms with Crippen LogP contribution in [0.5, 0.6) is 0 Å². The van der Waals surface area contributed by atoms with E-state index in [0.717, 1.165) is 10.6 Å².